The van der Waals surface area contributed by atoms with Crippen LogP contribution in [0.2, 0.25) is 0 Å². The van der Waals surface area contributed by atoms with E-state index in [1.165, 1.54) is 12.5 Å². The van der Waals surface area contributed by atoms with E-state index in [2.05, 4.69) is 22.4 Å². The van der Waals surface area contributed by atoms with E-state index >= 15 is 0 Å². The van der Waals surface area contributed by atoms with Crippen molar-refractivity contribution >= 4 is 11.8 Å². The predicted molar refractivity (Wildman–Crippen MR) is 100 cm³/mol. The highest BCUT2D eigenvalue weighted by Gasteiger charge is 2.30. The van der Waals surface area contributed by atoms with Crippen LogP contribution in [-0.4, -0.2) is 28.2 Å². The van der Waals surface area contributed by atoms with Crippen LogP contribution < -0.4 is 5.32 Å². The van der Waals surface area contributed by atoms with Crippen molar-refractivity contribution in [3.8, 4) is 0 Å². The first-order chi connectivity index (χ1) is 12.6. The number of pyridine rings is 1. The molecule has 136 valence electrons. The maximum absolute atomic E-state index is 12.7. The summed E-state index contributed by atoms with van der Waals surface area (Å²) in [4.78, 5) is 30.2. The van der Waals surface area contributed by atoms with Gasteiger partial charge < -0.3 is 10.2 Å². The molecule has 0 saturated carbocycles. The van der Waals surface area contributed by atoms with Crippen LogP contribution >= 0.6 is 0 Å². The summed E-state index contributed by atoms with van der Waals surface area (Å²) in [6.45, 7) is 2.78. The van der Waals surface area contributed by atoms with Crippen molar-refractivity contribution in [2.75, 3.05) is 6.54 Å². The van der Waals surface area contributed by atoms with Gasteiger partial charge in [-0.05, 0) is 36.5 Å². The SMILES string of the molecule is CC(=O)NCc1ccc([C@H]2CCCN2C(=O)CCc2ccccc2)nc1. The lowest BCUT2D eigenvalue weighted by atomic mass is 10.1. The van der Waals surface area contributed by atoms with Gasteiger partial charge in [-0.2, -0.15) is 0 Å². The Labute approximate surface area is 154 Å². The highest BCUT2D eigenvalue weighted by molar-refractivity contribution is 5.77. The van der Waals surface area contributed by atoms with Gasteiger partial charge in [-0.15, -0.1) is 0 Å². The van der Waals surface area contributed by atoms with Crippen LogP contribution in [-0.2, 0) is 22.6 Å². The fraction of sp³-hybridized carbons (Fsp3) is 0.381. The van der Waals surface area contributed by atoms with Gasteiger partial charge in [0.25, 0.3) is 0 Å². The maximum Gasteiger partial charge on any atom is 0.223 e. The average Bonchev–Trinajstić information content (AvgIpc) is 3.15. The molecule has 0 spiro atoms. The van der Waals surface area contributed by atoms with E-state index in [0.717, 1.165) is 37.1 Å². The fourth-order valence-electron chi connectivity index (χ4n) is 3.38. The molecule has 5 heteroatoms. The molecule has 0 unspecified atom stereocenters. The number of likely N-dealkylation sites (tertiary alicyclic amines) is 1. The summed E-state index contributed by atoms with van der Waals surface area (Å²) in [5, 5.41) is 2.77. The quantitative estimate of drug-likeness (QED) is 0.870. The zero-order valence-corrected chi connectivity index (χ0v) is 15.1. The summed E-state index contributed by atoms with van der Waals surface area (Å²) in [6, 6.07) is 14.1. The topological polar surface area (TPSA) is 62.3 Å². The Kier molecular flexibility index (Phi) is 6.00. The van der Waals surface area contributed by atoms with E-state index in [9.17, 15) is 9.59 Å². The molecular weight excluding hydrogens is 326 g/mol. The Balaban J connectivity index is 1.60. The molecule has 1 aromatic carbocycles. The summed E-state index contributed by atoms with van der Waals surface area (Å²) in [5.74, 6) is 0.139. The molecule has 3 rings (SSSR count). The molecule has 1 N–H and O–H groups in total. The number of benzene rings is 1. The van der Waals surface area contributed by atoms with Crippen LogP contribution in [0.15, 0.2) is 48.7 Å². The Bertz CT molecular complexity index is 744. The number of hydrogen-bond acceptors (Lipinski definition) is 3. The molecule has 2 amide bonds. The fourth-order valence-corrected chi connectivity index (χ4v) is 3.38. The lowest BCUT2D eigenvalue weighted by Gasteiger charge is -2.24. The predicted octanol–water partition coefficient (Wildman–Crippen LogP) is 3.01. The molecule has 1 fully saturated rings. The van der Waals surface area contributed by atoms with E-state index < -0.39 is 0 Å². The van der Waals surface area contributed by atoms with Crippen LogP contribution in [0.5, 0.6) is 0 Å². The van der Waals surface area contributed by atoms with Crippen molar-refractivity contribution in [1.29, 1.82) is 0 Å². The van der Waals surface area contributed by atoms with Crippen LogP contribution in [0.1, 0.15) is 49.0 Å². The van der Waals surface area contributed by atoms with Crippen LogP contribution in [0.3, 0.4) is 0 Å². The smallest absolute Gasteiger partial charge is 0.223 e. The minimum atomic E-state index is -0.0555. The third-order valence-corrected chi connectivity index (χ3v) is 4.77. The standard InChI is InChI=1S/C21H25N3O2/c1-16(25)22-14-18-9-11-19(23-15-18)20-8-5-13-24(20)21(26)12-10-17-6-3-2-4-7-17/h2-4,6-7,9,11,15,20H,5,8,10,12-14H2,1H3,(H,22,25)/t20-/m1/s1. The van der Waals surface area contributed by atoms with E-state index in [1.54, 1.807) is 6.20 Å². The van der Waals surface area contributed by atoms with Crippen molar-refractivity contribution in [2.45, 2.75) is 45.2 Å². The van der Waals surface area contributed by atoms with Gasteiger partial charge in [-0.25, -0.2) is 0 Å². The number of aryl methyl sites for hydroxylation is 1. The van der Waals surface area contributed by atoms with Gasteiger partial charge in [-0.1, -0.05) is 36.4 Å². The first-order valence-electron chi connectivity index (χ1n) is 9.16. The monoisotopic (exact) mass is 351 g/mol. The van der Waals surface area contributed by atoms with Crippen molar-refractivity contribution in [3.05, 3.63) is 65.5 Å². The third-order valence-electron chi connectivity index (χ3n) is 4.77. The second kappa shape index (κ2) is 8.61. The second-order valence-electron chi connectivity index (χ2n) is 6.73. The number of rotatable bonds is 6. The summed E-state index contributed by atoms with van der Waals surface area (Å²) in [5.41, 5.74) is 3.09. The average molecular weight is 351 g/mol. The van der Waals surface area contributed by atoms with E-state index in [0.29, 0.717) is 13.0 Å². The van der Waals surface area contributed by atoms with Crippen molar-refractivity contribution in [2.24, 2.45) is 0 Å². The Hall–Kier alpha value is -2.69. The highest BCUT2D eigenvalue weighted by Crippen LogP contribution is 2.31. The normalized spacial score (nSPS) is 16.5. The number of amides is 2. The molecule has 1 atom stereocenters. The first kappa shape index (κ1) is 18.1. The molecule has 1 aliphatic rings. The molecule has 2 aromatic rings. The third kappa shape index (κ3) is 4.69. The van der Waals surface area contributed by atoms with Gasteiger partial charge in [0.05, 0.1) is 11.7 Å². The molecule has 0 aliphatic carbocycles. The van der Waals surface area contributed by atoms with Crippen molar-refractivity contribution < 1.29 is 9.59 Å². The van der Waals surface area contributed by atoms with Gasteiger partial charge in [-0.3, -0.25) is 14.6 Å². The van der Waals surface area contributed by atoms with E-state index in [1.807, 2.05) is 35.2 Å². The number of nitrogens with one attached hydrogen (secondary N) is 1. The van der Waals surface area contributed by atoms with Crippen molar-refractivity contribution in [1.82, 2.24) is 15.2 Å². The van der Waals surface area contributed by atoms with Gasteiger partial charge in [0.1, 0.15) is 0 Å². The largest absolute Gasteiger partial charge is 0.352 e. The van der Waals surface area contributed by atoms with Crippen LogP contribution in [0.4, 0.5) is 0 Å². The first-order valence-corrected chi connectivity index (χ1v) is 9.16. The number of carbonyl (C=O) groups excluding carboxylic acids is 2. The highest BCUT2D eigenvalue weighted by atomic mass is 16.2. The summed E-state index contributed by atoms with van der Waals surface area (Å²) in [7, 11) is 0. The zero-order chi connectivity index (χ0) is 18.4. The molecule has 5 nitrogen and oxygen atoms in total. The molecule has 0 radical (unpaired) electrons. The Morgan fingerprint density at radius 1 is 1.15 bits per heavy atom. The minimum absolute atomic E-state index is 0.0555. The van der Waals surface area contributed by atoms with Gasteiger partial charge in [0, 0.05) is 32.6 Å². The van der Waals surface area contributed by atoms with E-state index in [4.69, 9.17) is 0 Å². The molecule has 1 aliphatic heterocycles. The lowest BCUT2D eigenvalue weighted by molar-refractivity contribution is -0.132. The Morgan fingerprint density at radius 2 is 1.96 bits per heavy atom. The number of carbonyl (C=O) groups is 2. The summed E-state index contributed by atoms with van der Waals surface area (Å²) >= 11 is 0. The molecular formula is C21H25N3O2. The summed E-state index contributed by atoms with van der Waals surface area (Å²) in [6.07, 6.45) is 5.05. The second-order valence-corrected chi connectivity index (χ2v) is 6.73. The van der Waals surface area contributed by atoms with Gasteiger partial charge in [0.15, 0.2) is 0 Å². The summed E-state index contributed by atoms with van der Waals surface area (Å²) < 4.78 is 0. The van der Waals surface area contributed by atoms with Crippen LogP contribution in [0.25, 0.3) is 0 Å². The maximum atomic E-state index is 12.7. The molecule has 26 heavy (non-hydrogen) atoms. The Morgan fingerprint density at radius 3 is 2.65 bits per heavy atom. The number of hydrogen-bond donors (Lipinski definition) is 1. The van der Waals surface area contributed by atoms with Crippen molar-refractivity contribution in [3.63, 3.8) is 0 Å². The molecule has 0 bridgehead atoms. The molecule has 1 saturated heterocycles. The van der Waals surface area contributed by atoms with Gasteiger partial charge in [0.2, 0.25) is 11.8 Å². The molecule has 1 aromatic heterocycles. The van der Waals surface area contributed by atoms with Crippen LogP contribution in [0, 0.1) is 0 Å². The molecule has 2 heterocycles. The minimum Gasteiger partial charge on any atom is -0.352 e. The number of nitrogens with zero attached hydrogens (tertiary/aromatic N) is 2. The van der Waals surface area contributed by atoms with Gasteiger partial charge >= 0.3 is 0 Å². The lowest BCUT2D eigenvalue weighted by Crippen LogP contribution is -2.31. The zero-order valence-electron chi connectivity index (χ0n) is 15.1. The number of aromatic nitrogens is 1. The van der Waals surface area contributed by atoms with E-state index in [-0.39, 0.29) is 17.9 Å².